The molecule has 0 radical (unpaired) electrons. The molecule has 1 saturated heterocycles. The van der Waals surface area contributed by atoms with E-state index in [-0.39, 0.29) is 11.3 Å². The number of carbonyl (C=O) groups excluding carboxylic acids is 2. The highest BCUT2D eigenvalue weighted by Gasteiger charge is 2.54. The molecule has 0 aromatic carbocycles. The van der Waals surface area contributed by atoms with Crippen LogP contribution in [0.3, 0.4) is 0 Å². The Morgan fingerprint density at radius 3 is 2.05 bits per heavy atom. The number of nitrogens with zero attached hydrogens (tertiary/aromatic N) is 2. The summed E-state index contributed by atoms with van der Waals surface area (Å²) >= 11 is 0. The molecule has 1 rings (SSSR count). The number of aliphatic hydroxyl groups excluding tert-OH is 1. The van der Waals surface area contributed by atoms with Crippen LogP contribution in [0.4, 0.5) is 4.79 Å². The van der Waals surface area contributed by atoms with Gasteiger partial charge in [0.2, 0.25) is 5.91 Å². The average molecular weight is 300 g/mol. The molecular formula is C15H28N2O4. The van der Waals surface area contributed by atoms with Crippen molar-refractivity contribution < 1.29 is 19.4 Å². The van der Waals surface area contributed by atoms with Crippen molar-refractivity contribution in [3.8, 4) is 0 Å². The van der Waals surface area contributed by atoms with E-state index < -0.39 is 30.0 Å². The molecule has 1 heterocycles. The fraction of sp³-hybridized carbons (Fsp3) is 0.867. The highest BCUT2D eigenvalue weighted by atomic mass is 16.6. The van der Waals surface area contributed by atoms with E-state index in [1.54, 1.807) is 27.8 Å². The van der Waals surface area contributed by atoms with Crippen molar-refractivity contribution in [2.24, 2.45) is 5.41 Å². The molecule has 1 N–H and O–H groups in total. The lowest BCUT2D eigenvalue weighted by atomic mass is 9.91. The van der Waals surface area contributed by atoms with Crippen LogP contribution in [0.1, 0.15) is 48.5 Å². The Morgan fingerprint density at radius 2 is 1.71 bits per heavy atom. The van der Waals surface area contributed by atoms with E-state index in [4.69, 9.17) is 4.74 Å². The van der Waals surface area contributed by atoms with Crippen molar-refractivity contribution in [2.75, 3.05) is 7.05 Å². The smallest absolute Gasteiger partial charge is 0.412 e. The molecule has 21 heavy (non-hydrogen) atoms. The van der Waals surface area contributed by atoms with Crippen LogP contribution in [-0.2, 0) is 9.53 Å². The molecule has 3 atom stereocenters. The van der Waals surface area contributed by atoms with Crippen LogP contribution in [-0.4, -0.2) is 57.9 Å². The predicted octanol–water partition coefficient (Wildman–Crippen LogP) is 1.82. The van der Waals surface area contributed by atoms with Crippen LogP contribution in [0.5, 0.6) is 0 Å². The van der Waals surface area contributed by atoms with E-state index in [1.807, 2.05) is 20.8 Å². The Bertz CT molecular complexity index is 420. The number of aliphatic hydroxyl groups is 1. The number of hydrogen-bond donors (Lipinski definition) is 1. The molecule has 1 aliphatic heterocycles. The Kier molecular flexibility index (Phi) is 4.63. The number of ether oxygens (including phenoxy) is 1. The fourth-order valence-corrected chi connectivity index (χ4v) is 2.75. The summed E-state index contributed by atoms with van der Waals surface area (Å²) in [7, 11) is 1.65. The van der Waals surface area contributed by atoms with Gasteiger partial charge in [0.05, 0.1) is 6.10 Å². The summed E-state index contributed by atoms with van der Waals surface area (Å²) < 4.78 is 5.42. The molecule has 0 bridgehead atoms. The minimum Gasteiger partial charge on any atom is -0.444 e. The maximum absolute atomic E-state index is 12.5. The van der Waals surface area contributed by atoms with Gasteiger partial charge in [-0.3, -0.25) is 9.69 Å². The van der Waals surface area contributed by atoms with Crippen LogP contribution in [0.2, 0.25) is 0 Å². The second kappa shape index (κ2) is 5.48. The molecule has 0 saturated carbocycles. The zero-order valence-electron chi connectivity index (χ0n) is 14.3. The summed E-state index contributed by atoms with van der Waals surface area (Å²) in [6.07, 6.45) is -2.00. The summed E-state index contributed by atoms with van der Waals surface area (Å²) in [4.78, 5) is 27.8. The van der Waals surface area contributed by atoms with Crippen LogP contribution >= 0.6 is 0 Å². The van der Waals surface area contributed by atoms with Gasteiger partial charge in [-0.1, -0.05) is 20.8 Å². The first kappa shape index (κ1) is 17.8. The van der Waals surface area contributed by atoms with E-state index in [2.05, 4.69) is 0 Å². The normalized spacial score (nSPS) is 25.3. The predicted molar refractivity (Wildman–Crippen MR) is 79.6 cm³/mol. The van der Waals surface area contributed by atoms with Gasteiger partial charge < -0.3 is 14.7 Å². The van der Waals surface area contributed by atoms with Gasteiger partial charge >= 0.3 is 6.09 Å². The maximum Gasteiger partial charge on any atom is 0.412 e. The lowest BCUT2D eigenvalue weighted by Gasteiger charge is -2.39. The molecule has 0 spiro atoms. The summed E-state index contributed by atoms with van der Waals surface area (Å²) in [6.45, 7) is 12.7. The van der Waals surface area contributed by atoms with Crippen molar-refractivity contribution in [1.29, 1.82) is 0 Å². The minimum absolute atomic E-state index is 0.268. The van der Waals surface area contributed by atoms with Gasteiger partial charge in [0, 0.05) is 12.5 Å². The van der Waals surface area contributed by atoms with E-state index in [9.17, 15) is 14.7 Å². The SMILES string of the molecule is C[C@H](O)[C@H]1C(=O)N(C)[C@H](C(C)(C)C)N1C(=O)OC(C)(C)C. The first-order valence-corrected chi connectivity index (χ1v) is 7.23. The van der Waals surface area contributed by atoms with Gasteiger partial charge in [-0.05, 0) is 27.7 Å². The molecular weight excluding hydrogens is 272 g/mol. The first-order chi connectivity index (χ1) is 9.27. The van der Waals surface area contributed by atoms with Crippen LogP contribution in [0, 0.1) is 5.41 Å². The van der Waals surface area contributed by atoms with E-state index in [0.717, 1.165) is 0 Å². The van der Waals surface area contributed by atoms with Crippen molar-refractivity contribution in [3.05, 3.63) is 0 Å². The zero-order valence-corrected chi connectivity index (χ0v) is 14.3. The Hall–Kier alpha value is -1.30. The molecule has 1 fully saturated rings. The highest BCUT2D eigenvalue weighted by molar-refractivity contribution is 5.90. The second-order valence-corrected chi connectivity index (χ2v) is 7.76. The van der Waals surface area contributed by atoms with Crippen molar-refractivity contribution in [2.45, 2.75) is 72.4 Å². The molecule has 6 heteroatoms. The fourth-order valence-electron chi connectivity index (χ4n) is 2.75. The molecule has 0 aliphatic carbocycles. The quantitative estimate of drug-likeness (QED) is 0.802. The minimum atomic E-state index is -0.959. The van der Waals surface area contributed by atoms with E-state index in [1.165, 1.54) is 16.7 Å². The highest BCUT2D eigenvalue weighted by Crippen LogP contribution is 2.35. The van der Waals surface area contributed by atoms with Gasteiger partial charge in [0.25, 0.3) is 0 Å². The van der Waals surface area contributed by atoms with E-state index in [0.29, 0.717) is 0 Å². The third-order valence-electron chi connectivity index (χ3n) is 3.37. The molecule has 0 aromatic rings. The summed E-state index contributed by atoms with van der Waals surface area (Å²) in [5.41, 5.74) is -1.02. The number of hydrogen-bond acceptors (Lipinski definition) is 4. The molecule has 2 amide bonds. The van der Waals surface area contributed by atoms with Crippen LogP contribution < -0.4 is 0 Å². The lowest BCUT2D eigenvalue weighted by molar-refractivity contribution is -0.131. The van der Waals surface area contributed by atoms with Gasteiger partial charge in [0.15, 0.2) is 0 Å². The number of carbonyl (C=O) groups is 2. The molecule has 0 unspecified atom stereocenters. The summed E-state index contributed by atoms with van der Waals surface area (Å²) in [5, 5.41) is 9.94. The Balaban J connectivity index is 3.24. The van der Waals surface area contributed by atoms with Gasteiger partial charge in [0.1, 0.15) is 17.8 Å². The summed E-state index contributed by atoms with van der Waals surface area (Å²) in [6, 6.07) is -0.908. The van der Waals surface area contributed by atoms with Gasteiger partial charge in [-0.25, -0.2) is 4.79 Å². The van der Waals surface area contributed by atoms with Gasteiger partial charge in [-0.15, -0.1) is 0 Å². The standard InChI is InChI=1S/C15H28N2O4/c1-9(18)10-11(19)16(8)12(14(2,3)4)17(10)13(20)21-15(5,6)7/h9-10,12,18H,1-8H3/t9-,10-,12-/m0/s1. The van der Waals surface area contributed by atoms with Crippen molar-refractivity contribution in [3.63, 3.8) is 0 Å². The number of amides is 2. The third-order valence-corrected chi connectivity index (χ3v) is 3.37. The lowest BCUT2D eigenvalue weighted by Crippen LogP contribution is -2.54. The Morgan fingerprint density at radius 1 is 1.24 bits per heavy atom. The van der Waals surface area contributed by atoms with Crippen LogP contribution in [0.25, 0.3) is 0 Å². The molecule has 6 nitrogen and oxygen atoms in total. The third kappa shape index (κ3) is 3.67. The van der Waals surface area contributed by atoms with Gasteiger partial charge in [-0.2, -0.15) is 0 Å². The molecule has 122 valence electrons. The monoisotopic (exact) mass is 300 g/mol. The Labute approximate surface area is 127 Å². The van der Waals surface area contributed by atoms with Crippen molar-refractivity contribution in [1.82, 2.24) is 9.80 Å². The van der Waals surface area contributed by atoms with Crippen LogP contribution in [0.15, 0.2) is 0 Å². The molecule has 1 aliphatic rings. The molecule has 0 aromatic heterocycles. The number of rotatable bonds is 1. The topological polar surface area (TPSA) is 70.1 Å². The van der Waals surface area contributed by atoms with E-state index >= 15 is 0 Å². The first-order valence-electron chi connectivity index (χ1n) is 7.23. The average Bonchev–Trinajstić information content (AvgIpc) is 2.48. The van der Waals surface area contributed by atoms with Crippen molar-refractivity contribution >= 4 is 12.0 Å². The summed E-state index contributed by atoms with van der Waals surface area (Å²) in [5.74, 6) is -0.268. The second-order valence-electron chi connectivity index (χ2n) is 7.76. The number of likely N-dealkylation sites (N-methyl/N-ethyl adjacent to an activating group) is 1. The largest absolute Gasteiger partial charge is 0.444 e. The zero-order chi connectivity index (χ0) is 16.7. The maximum atomic E-state index is 12.5.